The fourth-order valence-electron chi connectivity index (χ4n) is 2.48. The molecule has 152 valence electrons. The van der Waals surface area contributed by atoms with Crippen LogP contribution in [0.4, 0.5) is 13.6 Å². The summed E-state index contributed by atoms with van der Waals surface area (Å²) in [6.45, 7) is 12.4. The van der Waals surface area contributed by atoms with Crippen LogP contribution in [-0.2, 0) is 9.47 Å². The third-order valence-corrected chi connectivity index (χ3v) is 3.67. The van der Waals surface area contributed by atoms with Crippen molar-refractivity contribution in [3.05, 3.63) is 42.0 Å². The zero-order chi connectivity index (χ0) is 20.9. The van der Waals surface area contributed by atoms with Gasteiger partial charge in [0.25, 0.3) is 0 Å². The highest BCUT2D eigenvalue weighted by Crippen LogP contribution is 2.31. The van der Waals surface area contributed by atoms with Crippen molar-refractivity contribution >= 4 is 18.7 Å². The van der Waals surface area contributed by atoms with Crippen molar-refractivity contribution in [2.45, 2.75) is 32.5 Å². The molecule has 0 N–H and O–H groups in total. The summed E-state index contributed by atoms with van der Waals surface area (Å²) in [6, 6.07) is 1.85. The van der Waals surface area contributed by atoms with E-state index in [-0.39, 0.29) is 30.4 Å². The lowest BCUT2D eigenvalue weighted by Crippen LogP contribution is -2.44. The van der Waals surface area contributed by atoms with Gasteiger partial charge in [0, 0.05) is 24.9 Å². The van der Waals surface area contributed by atoms with Crippen LogP contribution in [0.15, 0.2) is 35.0 Å². The van der Waals surface area contributed by atoms with E-state index in [1.807, 2.05) is 0 Å². The Kier molecular flexibility index (Phi) is 6.85. The van der Waals surface area contributed by atoms with Gasteiger partial charge in [0.05, 0.1) is 13.2 Å². The molecule has 0 saturated carbocycles. The summed E-state index contributed by atoms with van der Waals surface area (Å²) in [5.41, 5.74) is -0.619. The fourth-order valence-corrected chi connectivity index (χ4v) is 2.48. The summed E-state index contributed by atoms with van der Waals surface area (Å²) in [5.74, 6) is -2.14. The number of amides is 1. The molecule has 1 aliphatic rings. The minimum atomic E-state index is -0.931. The highest BCUT2D eigenvalue weighted by molar-refractivity contribution is 5.89. The van der Waals surface area contributed by atoms with Gasteiger partial charge in [0.1, 0.15) is 17.5 Å². The average Bonchev–Trinajstić information content (AvgIpc) is 2.62. The monoisotopic (exact) mass is 395 g/mol. The number of hydrogen-bond donors (Lipinski definition) is 0. The highest BCUT2D eigenvalue weighted by atomic mass is 19.1. The van der Waals surface area contributed by atoms with E-state index in [0.29, 0.717) is 12.6 Å². The van der Waals surface area contributed by atoms with Gasteiger partial charge in [-0.3, -0.25) is 0 Å². The normalized spacial score (nSPS) is 17.8. The Labute approximate surface area is 162 Å². The van der Waals surface area contributed by atoms with E-state index in [9.17, 15) is 13.6 Å². The van der Waals surface area contributed by atoms with Crippen molar-refractivity contribution in [2.75, 3.05) is 19.7 Å². The van der Waals surface area contributed by atoms with Crippen LogP contribution in [0, 0.1) is 11.6 Å². The minimum absolute atomic E-state index is 0.0413. The van der Waals surface area contributed by atoms with Crippen LogP contribution >= 0.6 is 0 Å². The summed E-state index contributed by atoms with van der Waals surface area (Å²) < 4.78 is 44.7. The number of halogens is 2. The first kappa shape index (κ1) is 21.5. The van der Waals surface area contributed by atoms with Crippen LogP contribution in [0.2, 0.25) is 0 Å². The molecule has 0 aromatic heterocycles. The second-order valence-corrected chi connectivity index (χ2v) is 6.98. The van der Waals surface area contributed by atoms with Gasteiger partial charge in [-0.15, -0.1) is 5.10 Å². The molecule has 1 heterocycles. The van der Waals surface area contributed by atoms with Gasteiger partial charge in [-0.05, 0) is 32.9 Å². The van der Waals surface area contributed by atoms with E-state index in [4.69, 9.17) is 14.2 Å². The Balaban J connectivity index is 2.25. The molecule has 28 heavy (non-hydrogen) atoms. The Hall–Kier alpha value is -2.81. The summed E-state index contributed by atoms with van der Waals surface area (Å²) >= 11 is 0. The standard InChI is InChI=1S/C19H23F2N3O4/c1-6-17(23-22-5)27-15-9-12(13(20)10-14(15)21)16-11-24(7-8-26-16)18(25)28-19(2,3)4/h6,9-10,16H,1,5,7-8,11H2,2-4H3/b23-17+/t16-/m0/s1. The molecule has 0 aliphatic carbocycles. The van der Waals surface area contributed by atoms with Gasteiger partial charge < -0.3 is 19.1 Å². The van der Waals surface area contributed by atoms with Crippen molar-refractivity contribution < 1.29 is 27.8 Å². The van der Waals surface area contributed by atoms with Gasteiger partial charge in [-0.2, -0.15) is 5.10 Å². The van der Waals surface area contributed by atoms with Crippen LogP contribution in [0.5, 0.6) is 5.75 Å². The molecular weight excluding hydrogens is 372 g/mol. The van der Waals surface area contributed by atoms with Gasteiger partial charge >= 0.3 is 6.09 Å². The third kappa shape index (κ3) is 5.59. The number of morpholine rings is 1. The molecule has 9 heteroatoms. The highest BCUT2D eigenvalue weighted by Gasteiger charge is 2.31. The molecule has 1 aromatic rings. The Morgan fingerprint density at radius 1 is 1.36 bits per heavy atom. The molecule has 1 fully saturated rings. The molecular formula is C19H23F2N3O4. The molecule has 1 saturated heterocycles. The molecule has 0 unspecified atom stereocenters. The van der Waals surface area contributed by atoms with Gasteiger partial charge in [-0.1, -0.05) is 6.58 Å². The maximum atomic E-state index is 14.4. The first-order chi connectivity index (χ1) is 13.1. The van der Waals surface area contributed by atoms with Crippen molar-refractivity contribution in [3.8, 4) is 5.75 Å². The number of ether oxygens (including phenoxy) is 3. The summed E-state index contributed by atoms with van der Waals surface area (Å²) in [7, 11) is 0. The Bertz CT molecular complexity index is 790. The third-order valence-electron chi connectivity index (χ3n) is 3.67. The maximum absolute atomic E-state index is 14.4. The second kappa shape index (κ2) is 8.92. The number of hydrogen-bond acceptors (Lipinski definition) is 6. The number of carbonyl (C=O) groups is 1. The predicted molar refractivity (Wildman–Crippen MR) is 101 cm³/mol. The predicted octanol–water partition coefficient (Wildman–Crippen LogP) is 3.85. The summed E-state index contributed by atoms with van der Waals surface area (Å²) in [5, 5.41) is 6.83. The van der Waals surface area contributed by atoms with Crippen molar-refractivity contribution in [1.82, 2.24) is 4.90 Å². The minimum Gasteiger partial charge on any atom is -0.444 e. The maximum Gasteiger partial charge on any atom is 0.410 e. The fraction of sp³-hybridized carbons (Fsp3) is 0.421. The average molecular weight is 395 g/mol. The van der Waals surface area contributed by atoms with E-state index >= 15 is 0 Å². The largest absolute Gasteiger partial charge is 0.444 e. The molecule has 0 radical (unpaired) electrons. The van der Waals surface area contributed by atoms with Crippen molar-refractivity contribution in [1.29, 1.82) is 0 Å². The van der Waals surface area contributed by atoms with Crippen LogP contribution < -0.4 is 4.74 Å². The van der Waals surface area contributed by atoms with E-state index in [2.05, 4.69) is 23.5 Å². The van der Waals surface area contributed by atoms with Crippen LogP contribution in [0.25, 0.3) is 0 Å². The van der Waals surface area contributed by atoms with Crippen LogP contribution in [0.1, 0.15) is 32.4 Å². The topological polar surface area (TPSA) is 72.7 Å². The van der Waals surface area contributed by atoms with E-state index < -0.39 is 29.4 Å². The molecule has 1 atom stereocenters. The van der Waals surface area contributed by atoms with Crippen molar-refractivity contribution in [2.24, 2.45) is 10.2 Å². The molecule has 2 rings (SSSR count). The molecule has 0 bridgehead atoms. The van der Waals surface area contributed by atoms with Gasteiger partial charge in [-0.25, -0.2) is 13.6 Å². The van der Waals surface area contributed by atoms with Crippen molar-refractivity contribution in [3.63, 3.8) is 0 Å². The first-order valence-corrected chi connectivity index (χ1v) is 8.57. The summed E-state index contributed by atoms with van der Waals surface area (Å²) in [6.07, 6.45) is -0.137. The molecule has 1 aromatic carbocycles. The summed E-state index contributed by atoms with van der Waals surface area (Å²) in [4.78, 5) is 13.7. The zero-order valence-corrected chi connectivity index (χ0v) is 16.1. The van der Waals surface area contributed by atoms with Crippen LogP contribution in [0.3, 0.4) is 0 Å². The Morgan fingerprint density at radius 2 is 2.07 bits per heavy atom. The molecule has 1 aliphatic heterocycles. The zero-order valence-electron chi connectivity index (χ0n) is 16.1. The SMILES string of the molecule is C=C/C(=N\N=C)Oc1cc([C@@H]2CN(C(=O)OC(C)(C)C)CCO2)c(F)cc1F. The second-order valence-electron chi connectivity index (χ2n) is 6.98. The van der Waals surface area contributed by atoms with Crippen LogP contribution in [-0.4, -0.2) is 48.9 Å². The van der Waals surface area contributed by atoms with E-state index in [1.54, 1.807) is 20.8 Å². The van der Waals surface area contributed by atoms with Gasteiger partial charge in [0.2, 0.25) is 5.90 Å². The lowest BCUT2D eigenvalue weighted by molar-refractivity contribution is -0.0444. The number of benzene rings is 1. The lowest BCUT2D eigenvalue weighted by Gasteiger charge is -2.34. The van der Waals surface area contributed by atoms with E-state index in [1.165, 1.54) is 11.0 Å². The molecule has 7 nitrogen and oxygen atoms in total. The molecule has 1 amide bonds. The smallest absolute Gasteiger partial charge is 0.410 e. The first-order valence-electron chi connectivity index (χ1n) is 8.57. The molecule has 0 spiro atoms. The van der Waals surface area contributed by atoms with E-state index in [0.717, 1.165) is 6.07 Å². The Morgan fingerprint density at radius 3 is 2.68 bits per heavy atom. The quantitative estimate of drug-likeness (QED) is 0.441. The lowest BCUT2D eigenvalue weighted by atomic mass is 10.1. The van der Waals surface area contributed by atoms with Gasteiger partial charge in [0.15, 0.2) is 11.6 Å². The number of carbonyl (C=O) groups excluding carboxylic acids is 1. The number of rotatable bonds is 4. The number of nitrogens with zero attached hydrogens (tertiary/aromatic N) is 3.